The van der Waals surface area contributed by atoms with Gasteiger partial charge in [0.2, 0.25) is 0 Å². The van der Waals surface area contributed by atoms with Crippen molar-refractivity contribution < 1.29 is 4.39 Å². The average Bonchev–Trinajstić information content (AvgIpc) is 2.33. The summed E-state index contributed by atoms with van der Waals surface area (Å²) in [4.78, 5) is 4.36. The lowest BCUT2D eigenvalue weighted by Crippen LogP contribution is -2.00. The van der Waals surface area contributed by atoms with Gasteiger partial charge in [-0.25, -0.2) is 4.39 Å². The summed E-state index contributed by atoms with van der Waals surface area (Å²) in [6.45, 7) is 1.99. The van der Waals surface area contributed by atoms with Crippen molar-refractivity contribution in [2.24, 2.45) is 0 Å². The van der Waals surface area contributed by atoms with Gasteiger partial charge in [0.15, 0.2) is 0 Å². The van der Waals surface area contributed by atoms with Gasteiger partial charge in [0.25, 0.3) is 0 Å². The Hall–Kier alpha value is -1.22. The Morgan fingerprint density at radius 1 is 1.29 bits per heavy atom. The van der Waals surface area contributed by atoms with E-state index in [1.807, 2.05) is 25.1 Å². The lowest BCUT2D eigenvalue weighted by molar-refractivity contribution is 0.624. The van der Waals surface area contributed by atoms with Crippen LogP contribution in [0, 0.1) is 12.7 Å². The van der Waals surface area contributed by atoms with Gasteiger partial charge in [-0.3, -0.25) is 4.98 Å². The van der Waals surface area contributed by atoms with Crippen LogP contribution in [0.2, 0.25) is 0 Å². The van der Waals surface area contributed by atoms with Gasteiger partial charge in [-0.2, -0.15) is 0 Å². The van der Waals surface area contributed by atoms with E-state index in [0.29, 0.717) is 0 Å². The molecule has 0 fully saturated rings. The third-order valence-corrected chi connectivity index (χ3v) is 3.51. The van der Waals surface area contributed by atoms with Crippen LogP contribution in [0.4, 0.5) is 4.39 Å². The summed E-state index contributed by atoms with van der Waals surface area (Å²) < 4.78 is 13.2. The molecule has 88 valence electrons. The van der Waals surface area contributed by atoms with Gasteiger partial charge in [0.1, 0.15) is 5.82 Å². The second-order valence-electron chi connectivity index (χ2n) is 3.99. The highest BCUT2D eigenvalue weighted by Crippen LogP contribution is 2.29. The number of nitrogens with zero attached hydrogens (tertiary/aromatic N) is 1. The molecule has 2 rings (SSSR count). The van der Waals surface area contributed by atoms with E-state index in [0.717, 1.165) is 23.2 Å². The summed E-state index contributed by atoms with van der Waals surface area (Å²) in [6.07, 6.45) is 2.53. The molecule has 2 aromatic rings. The molecule has 1 nitrogen and oxygen atoms in total. The highest BCUT2D eigenvalue weighted by molar-refractivity contribution is 9.09. The molecule has 0 saturated carbocycles. The van der Waals surface area contributed by atoms with Crippen LogP contribution in [0.1, 0.15) is 21.6 Å². The fourth-order valence-corrected chi connectivity index (χ4v) is 2.59. The monoisotopic (exact) mass is 293 g/mol. The fraction of sp³-hybridized carbons (Fsp3) is 0.214. The lowest BCUT2D eigenvalue weighted by Gasteiger charge is -2.12. The minimum Gasteiger partial charge on any atom is -0.261 e. The number of aryl methyl sites for hydroxylation is 1. The largest absolute Gasteiger partial charge is 0.261 e. The number of aromatic nitrogens is 1. The van der Waals surface area contributed by atoms with Crippen molar-refractivity contribution in [3.63, 3.8) is 0 Å². The van der Waals surface area contributed by atoms with E-state index in [2.05, 4.69) is 20.9 Å². The third kappa shape index (κ3) is 3.13. The first-order valence-electron chi connectivity index (χ1n) is 5.47. The zero-order valence-corrected chi connectivity index (χ0v) is 11.1. The molecule has 17 heavy (non-hydrogen) atoms. The molecule has 0 saturated heterocycles. The first kappa shape index (κ1) is 12.2. The third-order valence-electron chi connectivity index (χ3n) is 2.69. The first-order chi connectivity index (χ1) is 8.16. The maximum atomic E-state index is 13.2. The molecule has 1 heterocycles. The van der Waals surface area contributed by atoms with Crippen LogP contribution in [0.15, 0.2) is 42.6 Å². The molecule has 1 aromatic carbocycles. The molecule has 0 aliphatic heterocycles. The van der Waals surface area contributed by atoms with Crippen molar-refractivity contribution in [1.82, 2.24) is 4.98 Å². The maximum absolute atomic E-state index is 13.2. The minimum atomic E-state index is -0.198. The Balaban J connectivity index is 2.20. The molecular weight excluding hydrogens is 281 g/mol. The number of hydrogen-bond acceptors (Lipinski definition) is 1. The predicted octanol–water partition coefficient (Wildman–Crippen LogP) is 4.21. The van der Waals surface area contributed by atoms with Gasteiger partial charge in [-0.1, -0.05) is 28.1 Å². The van der Waals surface area contributed by atoms with Gasteiger partial charge < -0.3 is 0 Å². The van der Waals surface area contributed by atoms with E-state index in [1.165, 1.54) is 6.07 Å². The highest BCUT2D eigenvalue weighted by atomic mass is 79.9. The van der Waals surface area contributed by atoms with Gasteiger partial charge in [-0.15, -0.1) is 0 Å². The van der Waals surface area contributed by atoms with Gasteiger partial charge in [0.05, 0.1) is 0 Å². The highest BCUT2D eigenvalue weighted by Gasteiger charge is 2.12. The molecule has 1 aromatic heterocycles. The van der Waals surface area contributed by atoms with Crippen molar-refractivity contribution in [1.29, 1.82) is 0 Å². The SMILES string of the molecule is Cc1ccc(F)cc1C(Br)Cc1ccccn1. The smallest absolute Gasteiger partial charge is 0.123 e. The first-order valence-corrected chi connectivity index (χ1v) is 6.38. The van der Waals surface area contributed by atoms with Crippen LogP contribution >= 0.6 is 15.9 Å². The maximum Gasteiger partial charge on any atom is 0.123 e. The molecule has 0 aliphatic carbocycles. The van der Waals surface area contributed by atoms with Gasteiger partial charge in [0, 0.05) is 23.1 Å². The number of alkyl halides is 1. The van der Waals surface area contributed by atoms with E-state index in [9.17, 15) is 4.39 Å². The van der Waals surface area contributed by atoms with Gasteiger partial charge in [-0.05, 0) is 42.3 Å². The Kier molecular flexibility index (Phi) is 3.89. The summed E-state index contributed by atoms with van der Waals surface area (Å²) in [5, 5.41) is 0. The molecule has 0 amide bonds. The summed E-state index contributed by atoms with van der Waals surface area (Å²) in [7, 11) is 0. The predicted molar refractivity (Wildman–Crippen MR) is 70.7 cm³/mol. The molecule has 0 N–H and O–H groups in total. The summed E-state index contributed by atoms with van der Waals surface area (Å²) in [5.41, 5.74) is 3.07. The molecule has 1 unspecified atom stereocenters. The van der Waals surface area contributed by atoms with E-state index >= 15 is 0 Å². The summed E-state index contributed by atoms with van der Waals surface area (Å²) in [5.74, 6) is -0.198. The van der Waals surface area contributed by atoms with Crippen LogP contribution in [-0.2, 0) is 6.42 Å². The molecule has 0 spiro atoms. The summed E-state index contributed by atoms with van der Waals surface area (Å²) >= 11 is 3.60. The van der Waals surface area contributed by atoms with E-state index in [4.69, 9.17) is 0 Å². The Bertz CT molecular complexity index is 499. The van der Waals surface area contributed by atoms with Crippen LogP contribution in [-0.4, -0.2) is 4.98 Å². The Morgan fingerprint density at radius 3 is 2.82 bits per heavy atom. The number of halogens is 2. The van der Waals surface area contributed by atoms with E-state index in [-0.39, 0.29) is 10.6 Å². The van der Waals surface area contributed by atoms with Crippen LogP contribution < -0.4 is 0 Å². The van der Waals surface area contributed by atoms with Crippen molar-refractivity contribution in [3.05, 3.63) is 65.2 Å². The van der Waals surface area contributed by atoms with Gasteiger partial charge >= 0.3 is 0 Å². The molecule has 0 radical (unpaired) electrons. The van der Waals surface area contributed by atoms with Crippen molar-refractivity contribution >= 4 is 15.9 Å². The van der Waals surface area contributed by atoms with Crippen molar-refractivity contribution in [2.75, 3.05) is 0 Å². The van der Waals surface area contributed by atoms with E-state index in [1.54, 1.807) is 18.3 Å². The van der Waals surface area contributed by atoms with Crippen LogP contribution in [0.3, 0.4) is 0 Å². The molecule has 0 bridgehead atoms. The molecule has 3 heteroatoms. The second kappa shape index (κ2) is 5.41. The molecule has 1 atom stereocenters. The summed E-state index contributed by atoms with van der Waals surface area (Å²) in [6, 6.07) is 10.7. The Labute approximate surface area is 109 Å². The fourth-order valence-electron chi connectivity index (χ4n) is 1.76. The van der Waals surface area contributed by atoms with Crippen molar-refractivity contribution in [3.8, 4) is 0 Å². The normalized spacial score (nSPS) is 12.4. The van der Waals surface area contributed by atoms with Crippen LogP contribution in [0.5, 0.6) is 0 Å². The lowest BCUT2D eigenvalue weighted by atomic mass is 10.0. The topological polar surface area (TPSA) is 12.9 Å². The van der Waals surface area contributed by atoms with Crippen LogP contribution in [0.25, 0.3) is 0 Å². The minimum absolute atomic E-state index is 0.0908. The Morgan fingerprint density at radius 2 is 2.12 bits per heavy atom. The molecular formula is C14H13BrFN. The second-order valence-corrected chi connectivity index (χ2v) is 5.10. The van der Waals surface area contributed by atoms with Crippen molar-refractivity contribution in [2.45, 2.75) is 18.2 Å². The zero-order valence-electron chi connectivity index (χ0n) is 9.53. The molecule has 0 aliphatic rings. The zero-order chi connectivity index (χ0) is 12.3. The number of hydrogen-bond donors (Lipinski definition) is 0. The number of rotatable bonds is 3. The number of pyridine rings is 1. The number of benzene rings is 1. The average molecular weight is 294 g/mol. The van der Waals surface area contributed by atoms with E-state index < -0.39 is 0 Å². The quantitative estimate of drug-likeness (QED) is 0.773. The standard InChI is InChI=1S/C14H13BrFN/c1-10-5-6-11(16)8-13(10)14(15)9-12-4-2-3-7-17-12/h2-8,14H,9H2,1H3.